The minimum Gasteiger partial charge on any atom is -0.474 e. The third kappa shape index (κ3) is 2.24. The number of likely N-dealkylation sites (N-methyl/N-ethyl adjacent to an activating group) is 1. The molecule has 0 aromatic heterocycles. The van der Waals surface area contributed by atoms with Gasteiger partial charge in [0.25, 0.3) is 0 Å². The molecule has 62 valence electrons. The van der Waals surface area contributed by atoms with Gasteiger partial charge in [-0.1, -0.05) is 0 Å². The molecule has 0 atom stereocenters. The van der Waals surface area contributed by atoms with E-state index in [-0.39, 0.29) is 0 Å². The first-order chi connectivity index (χ1) is 5.00. The van der Waals surface area contributed by atoms with E-state index in [1.807, 2.05) is 0 Å². The maximum absolute atomic E-state index is 10.6. The van der Waals surface area contributed by atoms with Gasteiger partial charge in [0.1, 0.15) is 0 Å². The molecule has 0 unspecified atom stereocenters. The summed E-state index contributed by atoms with van der Waals surface area (Å²) in [6.45, 7) is 0. The van der Waals surface area contributed by atoms with E-state index < -0.39 is 17.9 Å². The van der Waals surface area contributed by atoms with Gasteiger partial charge in [-0.15, -0.1) is 0 Å². The lowest BCUT2D eigenvalue weighted by atomic mass is 10.5. The van der Waals surface area contributed by atoms with Crippen molar-refractivity contribution in [2.75, 3.05) is 14.1 Å². The molecule has 3 amide bonds. The van der Waals surface area contributed by atoms with Crippen molar-refractivity contribution in [1.82, 2.24) is 10.2 Å². The third-order valence-corrected chi connectivity index (χ3v) is 1.01. The number of rotatable bonds is 0. The first-order valence-corrected chi connectivity index (χ1v) is 2.73. The molecule has 0 aliphatic carbocycles. The Balaban J connectivity index is 4.25. The lowest BCUT2D eigenvalue weighted by molar-refractivity contribution is -0.153. The molecule has 0 saturated heterocycles. The summed E-state index contributed by atoms with van der Waals surface area (Å²) in [6.07, 6.45) is 0. The molecule has 0 rings (SSSR count). The molecule has 0 spiro atoms. The predicted octanol–water partition coefficient (Wildman–Crippen LogP) is -1.13. The number of urea groups is 1. The smallest absolute Gasteiger partial charge is 0.395 e. The van der Waals surface area contributed by atoms with E-state index in [1.165, 1.54) is 7.05 Å². The second kappa shape index (κ2) is 3.55. The standard InChI is InChI=1S/C5H8N2O4/c1-6-5(11)7(2)3(8)4(9)10/h1-2H3,(H,6,11)(H,9,10). The normalized spacial score (nSPS) is 8.55. The first-order valence-electron chi connectivity index (χ1n) is 2.73. The molecule has 0 radical (unpaired) electrons. The molecular formula is C5H8N2O4. The second-order valence-corrected chi connectivity index (χ2v) is 1.72. The summed E-state index contributed by atoms with van der Waals surface area (Å²) in [7, 11) is 2.38. The number of aliphatic carboxylic acids is 1. The Morgan fingerprint density at radius 3 is 2.09 bits per heavy atom. The Kier molecular flexibility index (Phi) is 3.03. The van der Waals surface area contributed by atoms with Gasteiger partial charge in [0.2, 0.25) is 0 Å². The van der Waals surface area contributed by atoms with Gasteiger partial charge >= 0.3 is 17.9 Å². The number of hydrogen-bond donors (Lipinski definition) is 2. The van der Waals surface area contributed by atoms with Crippen LogP contribution in [0.2, 0.25) is 0 Å². The lowest BCUT2D eigenvalue weighted by Gasteiger charge is -2.10. The summed E-state index contributed by atoms with van der Waals surface area (Å²) in [6, 6.07) is -0.752. The molecule has 0 bridgehead atoms. The molecule has 0 fully saturated rings. The largest absolute Gasteiger partial charge is 0.474 e. The SMILES string of the molecule is CNC(=O)N(C)C(=O)C(=O)O. The monoisotopic (exact) mass is 160 g/mol. The van der Waals surface area contributed by atoms with Crippen molar-refractivity contribution in [3.05, 3.63) is 0 Å². The summed E-state index contributed by atoms with van der Waals surface area (Å²) in [4.78, 5) is 31.6. The molecule has 2 N–H and O–H groups in total. The topological polar surface area (TPSA) is 86.7 Å². The number of carbonyl (C=O) groups is 3. The van der Waals surface area contributed by atoms with Crippen LogP contribution >= 0.6 is 0 Å². The minimum atomic E-state index is -1.66. The number of imide groups is 1. The highest BCUT2D eigenvalue weighted by atomic mass is 16.4. The fourth-order valence-electron chi connectivity index (χ4n) is 0.403. The van der Waals surface area contributed by atoms with Crippen LogP contribution in [0.15, 0.2) is 0 Å². The van der Waals surface area contributed by atoms with Gasteiger partial charge in [0.05, 0.1) is 0 Å². The molecule has 0 aromatic carbocycles. The number of nitrogens with zero attached hydrogens (tertiary/aromatic N) is 1. The highest BCUT2D eigenvalue weighted by molar-refractivity contribution is 6.34. The molecular weight excluding hydrogens is 152 g/mol. The fourth-order valence-corrected chi connectivity index (χ4v) is 0.403. The van der Waals surface area contributed by atoms with E-state index in [2.05, 4.69) is 5.32 Å². The van der Waals surface area contributed by atoms with Crippen molar-refractivity contribution in [3.8, 4) is 0 Å². The Morgan fingerprint density at radius 2 is 1.82 bits per heavy atom. The Morgan fingerprint density at radius 1 is 1.36 bits per heavy atom. The zero-order valence-corrected chi connectivity index (χ0v) is 6.12. The molecule has 0 heterocycles. The van der Waals surface area contributed by atoms with E-state index in [9.17, 15) is 14.4 Å². The summed E-state index contributed by atoms with van der Waals surface area (Å²) in [5.41, 5.74) is 0. The van der Waals surface area contributed by atoms with Crippen LogP contribution < -0.4 is 5.32 Å². The Labute approximate surface area is 62.8 Å². The highest BCUT2D eigenvalue weighted by Crippen LogP contribution is 1.84. The van der Waals surface area contributed by atoms with E-state index in [4.69, 9.17) is 5.11 Å². The van der Waals surface area contributed by atoms with Gasteiger partial charge in [-0.2, -0.15) is 0 Å². The highest BCUT2D eigenvalue weighted by Gasteiger charge is 2.21. The van der Waals surface area contributed by atoms with E-state index >= 15 is 0 Å². The van der Waals surface area contributed by atoms with E-state index in [0.717, 1.165) is 7.05 Å². The van der Waals surface area contributed by atoms with E-state index in [0.29, 0.717) is 4.90 Å². The minimum absolute atomic E-state index is 0.475. The molecule has 0 aromatic rings. The number of nitrogens with one attached hydrogen (secondary N) is 1. The van der Waals surface area contributed by atoms with Crippen LogP contribution in [0.1, 0.15) is 0 Å². The fraction of sp³-hybridized carbons (Fsp3) is 0.400. The average molecular weight is 160 g/mol. The van der Waals surface area contributed by atoms with Crippen LogP contribution in [-0.4, -0.2) is 42.0 Å². The number of hydrogen-bond acceptors (Lipinski definition) is 3. The van der Waals surface area contributed by atoms with Crippen LogP contribution in [-0.2, 0) is 9.59 Å². The average Bonchev–Trinajstić information content (AvgIpc) is 2.00. The number of carboxylic acid groups (broad SMARTS) is 1. The number of carbonyl (C=O) groups excluding carboxylic acids is 2. The zero-order valence-electron chi connectivity index (χ0n) is 6.12. The quantitative estimate of drug-likeness (QED) is 0.439. The number of amides is 3. The summed E-state index contributed by atoms with van der Waals surface area (Å²) < 4.78 is 0. The van der Waals surface area contributed by atoms with Crippen molar-refractivity contribution in [2.45, 2.75) is 0 Å². The van der Waals surface area contributed by atoms with Crippen LogP contribution in [0.25, 0.3) is 0 Å². The first kappa shape index (κ1) is 9.41. The Hall–Kier alpha value is -1.59. The molecule has 11 heavy (non-hydrogen) atoms. The van der Waals surface area contributed by atoms with Crippen LogP contribution in [0.4, 0.5) is 4.79 Å². The van der Waals surface area contributed by atoms with E-state index in [1.54, 1.807) is 0 Å². The number of carboxylic acids is 1. The summed E-state index contributed by atoms with van der Waals surface area (Å²) in [5.74, 6) is -2.92. The third-order valence-electron chi connectivity index (χ3n) is 1.01. The summed E-state index contributed by atoms with van der Waals surface area (Å²) in [5, 5.41) is 10.2. The Bertz CT molecular complexity index is 201. The van der Waals surface area contributed by atoms with Gasteiger partial charge in [-0.3, -0.25) is 9.69 Å². The van der Waals surface area contributed by atoms with Gasteiger partial charge < -0.3 is 10.4 Å². The maximum Gasteiger partial charge on any atom is 0.395 e. The second-order valence-electron chi connectivity index (χ2n) is 1.72. The molecule has 6 heteroatoms. The van der Waals surface area contributed by atoms with Gasteiger partial charge in [0, 0.05) is 14.1 Å². The molecule has 0 saturated carbocycles. The van der Waals surface area contributed by atoms with Crippen LogP contribution in [0, 0.1) is 0 Å². The van der Waals surface area contributed by atoms with Gasteiger partial charge in [-0.25, -0.2) is 9.59 Å². The molecule has 0 aliphatic rings. The molecule has 6 nitrogen and oxygen atoms in total. The van der Waals surface area contributed by atoms with Gasteiger partial charge in [-0.05, 0) is 0 Å². The lowest BCUT2D eigenvalue weighted by Crippen LogP contribution is -2.42. The van der Waals surface area contributed by atoms with Crippen molar-refractivity contribution in [3.63, 3.8) is 0 Å². The maximum atomic E-state index is 10.6. The van der Waals surface area contributed by atoms with Gasteiger partial charge in [0.15, 0.2) is 0 Å². The zero-order chi connectivity index (χ0) is 9.02. The van der Waals surface area contributed by atoms with Crippen molar-refractivity contribution < 1.29 is 19.5 Å². The van der Waals surface area contributed by atoms with Crippen molar-refractivity contribution >= 4 is 17.9 Å². The molecule has 0 aliphatic heterocycles. The van der Waals surface area contributed by atoms with Crippen molar-refractivity contribution in [2.24, 2.45) is 0 Å². The predicted molar refractivity (Wildman–Crippen MR) is 34.9 cm³/mol. The summed E-state index contributed by atoms with van der Waals surface area (Å²) >= 11 is 0. The van der Waals surface area contributed by atoms with Crippen molar-refractivity contribution in [1.29, 1.82) is 0 Å². The van der Waals surface area contributed by atoms with Crippen LogP contribution in [0.3, 0.4) is 0 Å². The van der Waals surface area contributed by atoms with Crippen LogP contribution in [0.5, 0.6) is 0 Å².